The molecule has 0 saturated carbocycles. The second-order valence-electron chi connectivity index (χ2n) is 5.45. The molecule has 1 aliphatic rings. The van der Waals surface area contributed by atoms with Gasteiger partial charge < -0.3 is 20.5 Å². The molecule has 0 fully saturated rings. The highest BCUT2D eigenvalue weighted by molar-refractivity contribution is 6.31. The Morgan fingerprint density at radius 2 is 2.04 bits per heavy atom. The lowest BCUT2D eigenvalue weighted by atomic mass is 9.97. The molecule has 0 bridgehead atoms. The van der Waals surface area contributed by atoms with Crippen LogP contribution in [0.15, 0.2) is 36.4 Å². The molecule has 3 N–H and O–H groups in total. The Bertz CT molecular complexity index is 848. The van der Waals surface area contributed by atoms with Crippen molar-refractivity contribution < 1.29 is 23.8 Å². The first kappa shape index (κ1) is 19.8. The minimum absolute atomic E-state index is 0. The predicted molar refractivity (Wildman–Crippen MR) is 97.1 cm³/mol. The number of hydrogen-bond donors (Lipinski definition) is 3. The van der Waals surface area contributed by atoms with Crippen molar-refractivity contribution in [2.24, 2.45) is 0 Å². The van der Waals surface area contributed by atoms with E-state index in [2.05, 4.69) is 10.6 Å². The van der Waals surface area contributed by atoms with Crippen LogP contribution in [0.3, 0.4) is 0 Å². The molecule has 138 valence electrons. The van der Waals surface area contributed by atoms with Crippen molar-refractivity contribution in [2.45, 2.75) is 12.5 Å². The van der Waals surface area contributed by atoms with Gasteiger partial charge in [-0.25, -0.2) is 9.18 Å². The van der Waals surface area contributed by atoms with Crippen molar-refractivity contribution in [1.29, 1.82) is 0 Å². The summed E-state index contributed by atoms with van der Waals surface area (Å²) >= 11 is 5.71. The lowest BCUT2D eigenvalue weighted by Crippen LogP contribution is -2.31. The van der Waals surface area contributed by atoms with Gasteiger partial charge in [-0.05, 0) is 24.3 Å². The molecule has 1 heterocycles. The molecule has 0 spiro atoms. The first-order valence-electron chi connectivity index (χ1n) is 7.47. The third-order valence-electron chi connectivity index (χ3n) is 3.79. The minimum Gasteiger partial charge on any atom is -0.492 e. The highest BCUT2D eigenvalue weighted by Gasteiger charge is 2.27. The average molecular weight is 401 g/mol. The van der Waals surface area contributed by atoms with Crippen molar-refractivity contribution in [2.75, 3.05) is 11.9 Å². The summed E-state index contributed by atoms with van der Waals surface area (Å²) in [7, 11) is 0. The average Bonchev–Trinajstić information content (AvgIpc) is 2.57. The molecule has 0 aliphatic carbocycles. The lowest BCUT2D eigenvalue weighted by Gasteiger charge is -2.27. The van der Waals surface area contributed by atoms with E-state index in [0.717, 1.165) is 6.07 Å². The molecule has 2 aromatic carbocycles. The van der Waals surface area contributed by atoms with E-state index in [1.807, 2.05) is 0 Å². The number of carbonyl (C=O) groups is 2. The number of rotatable bonds is 3. The van der Waals surface area contributed by atoms with Crippen molar-refractivity contribution in [1.82, 2.24) is 5.32 Å². The number of fused-ring (bicyclic) bond motifs is 1. The van der Waals surface area contributed by atoms with Crippen LogP contribution in [0.25, 0.3) is 0 Å². The largest absolute Gasteiger partial charge is 0.492 e. The third-order valence-corrected chi connectivity index (χ3v) is 4.08. The number of carbonyl (C=O) groups excluding carboxylic acids is 1. The van der Waals surface area contributed by atoms with E-state index in [-0.39, 0.29) is 29.6 Å². The summed E-state index contributed by atoms with van der Waals surface area (Å²) in [5.74, 6) is -0.712. The molecule has 2 amide bonds. The van der Waals surface area contributed by atoms with Gasteiger partial charge in [0.1, 0.15) is 11.6 Å². The molecule has 1 unspecified atom stereocenters. The molecule has 26 heavy (non-hydrogen) atoms. The van der Waals surface area contributed by atoms with Gasteiger partial charge in [0.2, 0.25) is 0 Å². The van der Waals surface area contributed by atoms with Crippen LogP contribution < -0.4 is 15.4 Å². The number of halogens is 3. The van der Waals surface area contributed by atoms with Gasteiger partial charge in [0.25, 0.3) is 5.91 Å². The zero-order valence-electron chi connectivity index (χ0n) is 13.3. The third kappa shape index (κ3) is 4.17. The summed E-state index contributed by atoms with van der Waals surface area (Å²) in [6.45, 7) is 0.282. The molecular weight excluding hydrogens is 386 g/mol. The van der Waals surface area contributed by atoms with E-state index in [9.17, 15) is 14.0 Å². The fourth-order valence-corrected chi connectivity index (χ4v) is 2.86. The first-order chi connectivity index (χ1) is 12.0. The Kier molecular flexibility index (Phi) is 6.28. The molecular formula is C17H15Cl2FN2O4. The van der Waals surface area contributed by atoms with Crippen LogP contribution >= 0.6 is 24.0 Å². The van der Waals surface area contributed by atoms with Crippen LogP contribution in [0.2, 0.25) is 5.02 Å². The summed E-state index contributed by atoms with van der Waals surface area (Å²) in [6, 6.07) is 8.33. The number of para-hydroxylation sites is 1. The molecule has 1 atom stereocenters. The van der Waals surface area contributed by atoms with Crippen molar-refractivity contribution in [3.8, 4) is 5.75 Å². The Balaban J connectivity index is 0.00000243. The highest BCUT2D eigenvalue weighted by atomic mass is 35.5. The topological polar surface area (TPSA) is 87.7 Å². The van der Waals surface area contributed by atoms with Crippen LogP contribution in [-0.2, 0) is 0 Å². The number of hydrogen-bond acceptors (Lipinski definition) is 3. The number of ether oxygens (including phenoxy) is 1. The summed E-state index contributed by atoms with van der Waals surface area (Å²) in [5, 5.41) is 13.9. The summed E-state index contributed by atoms with van der Waals surface area (Å²) in [5.41, 5.74) is 1.19. The molecule has 0 radical (unpaired) electrons. The van der Waals surface area contributed by atoms with Crippen LogP contribution in [0, 0.1) is 5.82 Å². The molecule has 0 saturated heterocycles. The van der Waals surface area contributed by atoms with Crippen LogP contribution in [0.4, 0.5) is 14.9 Å². The van der Waals surface area contributed by atoms with E-state index in [4.69, 9.17) is 21.4 Å². The number of nitrogens with one attached hydrogen (secondary N) is 2. The van der Waals surface area contributed by atoms with Crippen LogP contribution in [0.1, 0.15) is 28.4 Å². The van der Waals surface area contributed by atoms with Crippen molar-refractivity contribution in [3.05, 3.63) is 58.4 Å². The standard InChI is InChI=1S/C17H14ClFN2O4.ClH/c18-12-8-9(4-5-13(12)19)20-16(22)11-3-1-2-10-14(21-17(23)24)6-7-25-15(10)11;/h1-5,8,14,21H,6-7H2,(H,20,22)(H,23,24);1H. The van der Waals surface area contributed by atoms with Crippen molar-refractivity contribution in [3.63, 3.8) is 0 Å². The summed E-state index contributed by atoms with van der Waals surface area (Å²) in [6.07, 6.45) is -0.675. The second-order valence-corrected chi connectivity index (χ2v) is 5.85. The monoisotopic (exact) mass is 400 g/mol. The smallest absolute Gasteiger partial charge is 0.405 e. The van der Waals surface area contributed by atoms with Gasteiger partial charge in [0.15, 0.2) is 0 Å². The Morgan fingerprint density at radius 1 is 1.27 bits per heavy atom. The van der Waals surface area contributed by atoms with E-state index in [1.165, 1.54) is 12.1 Å². The zero-order valence-corrected chi connectivity index (χ0v) is 14.9. The molecule has 2 aromatic rings. The molecule has 9 heteroatoms. The Morgan fingerprint density at radius 3 is 2.73 bits per heavy atom. The maximum absolute atomic E-state index is 13.2. The van der Waals surface area contributed by atoms with Crippen LogP contribution in [0.5, 0.6) is 5.75 Å². The Hall–Kier alpha value is -2.51. The SMILES string of the molecule is Cl.O=C(O)NC1CCOc2c(C(=O)Nc3ccc(F)c(Cl)c3)cccc21. The van der Waals surface area contributed by atoms with Gasteiger partial charge in [-0.15, -0.1) is 12.4 Å². The predicted octanol–water partition coefficient (Wildman–Crippen LogP) is 4.24. The van der Waals surface area contributed by atoms with Gasteiger partial charge >= 0.3 is 6.09 Å². The second kappa shape index (κ2) is 8.25. The molecule has 3 rings (SSSR count). The maximum atomic E-state index is 13.2. The quantitative estimate of drug-likeness (QED) is 0.718. The number of benzene rings is 2. The molecule has 1 aliphatic heterocycles. The fourth-order valence-electron chi connectivity index (χ4n) is 2.67. The van der Waals surface area contributed by atoms with Crippen LogP contribution in [-0.4, -0.2) is 23.7 Å². The zero-order chi connectivity index (χ0) is 18.0. The summed E-state index contributed by atoms with van der Waals surface area (Å²) < 4.78 is 18.8. The molecule has 0 aromatic heterocycles. The van der Waals surface area contributed by atoms with Gasteiger partial charge in [0.05, 0.1) is 23.2 Å². The van der Waals surface area contributed by atoms with Gasteiger partial charge in [-0.3, -0.25) is 4.79 Å². The maximum Gasteiger partial charge on any atom is 0.405 e. The minimum atomic E-state index is -1.14. The lowest BCUT2D eigenvalue weighted by molar-refractivity contribution is 0.102. The van der Waals surface area contributed by atoms with Gasteiger partial charge in [0, 0.05) is 17.7 Å². The van der Waals surface area contributed by atoms with E-state index < -0.39 is 23.9 Å². The molecule has 6 nitrogen and oxygen atoms in total. The van der Waals surface area contributed by atoms with Crippen molar-refractivity contribution >= 4 is 41.7 Å². The number of anilines is 1. The fraction of sp³-hybridized carbons (Fsp3) is 0.176. The first-order valence-corrected chi connectivity index (χ1v) is 7.85. The van der Waals surface area contributed by atoms with Gasteiger partial charge in [-0.2, -0.15) is 0 Å². The Labute approximate surface area is 159 Å². The van der Waals surface area contributed by atoms with Gasteiger partial charge in [-0.1, -0.05) is 23.7 Å². The van der Waals surface area contributed by atoms with E-state index >= 15 is 0 Å². The summed E-state index contributed by atoms with van der Waals surface area (Å²) in [4.78, 5) is 23.5. The number of carboxylic acid groups (broad SMARTS) is 1. The highest BCUT2D eigenvalue weighted by Crippen LogP contribution is 2.35. The van der Waals surface area contributed by atoms with E-state index in [1.54, 1.807) is 18.2 Å². The van der Waals surface area contributed by atoms with E-state index in [0.29, 0.717) is 23.4 Å². The number of amides is 2. The normalized spacial score (nSPS) is 15.1.